The van der Waals surface area contributed by atoms with Crippen LogP contribution in [0.15, 0.2) is 48.5 Å². The third-order valence-corrected chi connectivity index (χ3v) is 6.74. The van der Waals surface area contributed by atoms with Crippen LogP contribution in [-0.2, 0) is 14.3 Å². The maximum absolute atomic E-state index is 12.7. The molecule has 0 aromatic heterocycles. The minimum absolute atomic E-state index is 0.00778. The normalized spacial score (nSPS) is 18.9. The Balaban J connectivity index is 1.30. The van der Waals surface area contributed by atoms with Gasteiger partial charge in [-0.25, -0.2) is 4.79 Å². The maximum atomic E-state index is 12.7. The number of fused-ring (bicyclic) bond motifs is 3. The number of amides is 2. The smallest absolute Gasteiger partial charge is 0.407 e. The summed E-state index contributed by atoms with van der Waals surface area (Å²) in [6.07, 6.45) is 1.40. The lowest BCUT2D eigenvalue weighted by Crippen LogP contribution is -2.38. The van der Waals surface area contributed by atoms with Crippen LogP contribution in [0.2, 0.25) is 0 Å². The van der Waals surface area contributed by atoms with Crippen LogP contribution in [0.4, 0.5) is 4.79 Å². The Labute approximate surface area is 193 Å². The van der Waals surface area contributed by atoms with Gasteiger partial charge in [-0.05, 0) is 48.4 Å². The lowest BCUT2D eigenvalue weighted by molar-refractivity contribution is -0.139. The van der Waals surface area contributed by atoms with Crippen molar-refractivity contribution in [2.45, 2.75) is 44.6 Å². The quantitative estimate of drug-likeness (QED) is 0.633. The molecule has 7 heteroatoms. The number of nitrogens with zero attached hydrogens (tertiary/aromatic N) is 1. The second-order valence-electron chi connectivity index (χ2n) is 8.74. The molecule has 1 saturated carbocycles. The van der Waals surface area contributed by atoms with E-state index in [-0.39, 0.29) is 43.4 Å². The summed E-state index contributed by atoms with van der Waals surface area (Å²) in [6.45, 7) is 2.80. The number of carbonyl (C=O) groups is 3. The van der Waals surface area contributed by atoms with Gasteiger partial charge < -0.3 is 20.1 Å². The van der Waals surface area contributed by atoms with E-state index in [1.807, 2.05) is 31.2 Å². The molecule has 2 aromatic carbocycles. The van der Waals surface area contributed by atoms with Crippen molar-refractivity contribution in [3.8, 4) is 11.1 Å². The highest BCUT2D eigenvalue weighted by Crippen LogP contribution is 2.44. The van der Waals surface area contributed by atoms with E-state index in [0.717, 1.165) is 0 Å². The van der Waals surface area contributed by atoms with Crippen LogP contribution in [0.5, 0.6) is 0 Å². The molecule has 0 radical (unpaired) electrons. The van der Waals surface area contributed by atoms with Crippen LogP contribution in [0.1, 0.15) is 49.7 Å². The molecule has 0 unspecified atom stereocenters. The van der Waals surface area contributed by atoms with E-state index in [9.17, 15) is 14.4 Å². The van der Waals surface area contributed by atoms with E-state index in [1.165, 1.54) is 22.3 Å². The second kappa shape index (κ2) is 10.1. The molecule has 2 aliphatic carbocycles. The number of carboxylic acid groups (broad SMARTS) is 1. The Bertz CT molecular complexity index is 991. The van der Waals surface area contributed by atoms with Gasteiger partial charge in [0.25, 0.3) is 0 Å². The number of alkyl carbamates (subject to hydrolysis) is 1. The Morgan fingerprint density at radius 1 is 1.03 bits per heavy atom. The van der Waals surface area contributed by atoms with Crippen LogP contribution in [0.3, 0.4) is 0 Å². The molecule has 0 bridgehead atoms. The molecular formula is C26H30N2O5. The number of hydrogen-bond acceptors (Lipinski definition) is 4. The van der Waals surface area contributed by atoms with Crippen molar-refractivity contribution in [3.05, 3.63) is 59.7 Å². The molecule has 0 spiro atoms. The predicted molar refractivity (Wildman–Crippen MR) is 124 cm³/mol. The van der Waals surface area contributed by atoms with Gasteiger partial charge in [0.1, 0.15) is 6.61 Å². The number of ether oxygens (including phenoxy) is 1. The average Bonchev–Trinajstić information content (AvgIpc) is 3.40. The summed E-state index contributed by atoms with van der Waals surface area (Å²) in [5.41, 5.74) is 4.70. The van der Waals surface area contributed by atoms with Crippen LogP contribution in [0, 0.1) is 5.92 Å². The van der Waals surface area contributed by atoms with Crippen molar-refractivity contribution in [2.24, 2.45) is 5.92 Å². The minimum Gasteiger partial charge on any atom is -0.481 e. The van der Waals surface area contributed by atoms with Gasteiger partial charge in [0, 0.05) is 31.0 Å². The third kappa shape index (κ3) is 5.02. The van der Waals surface area contributed by atoms with Crippen LogP contribution in [-0.4, -0.2) is 53.7 Å². The van der Waals surface area contributed by atoms with Gasteiger partial charge >= 0.3 is 12.1 Å². The van der Waals surface area contributed by atoms with Crippen molar-refractivity contribution < 1.29 is 24.2 Å². The van der Waals surface area contributed by atoms with Gasteiger partial charge in [0.15, 0.2) is 0 Å². The monoisotopic (exact) mass is 450 g/mol. The van der Waals surface area contributed by atoms with E-state index in [1.54, 1.807) is 4.90 Å². The Morgan fingerprint density at radius 2 is 1.67 bits per heavy atom. The van der Waals surface area contributed by atoms with Crippen molar-refractivity contribution in [2.75, 3.05) is 19.7 Å². The molecule has 2 amide bonds. The first-order chi connectivity index (χ1) is 16.0. The Morgan fingerprint density at radius 3 is 2.27 bits per heavy atom. The van der Waals surface area contributed by atoms with E-state index in [4.69, 9.17) is 9.84 Å². The zero-order chi connectivity index (χ0) is 23.4. The molecule has 1 fully saturated rings. The molecule has 174 valence electrons. The fourth-order valence-corrected chi connectivity index (χ4v) is 5.06. The molecule has 0 saturated heterocycles. The van der Waals surface area contributed by atoms with Gasteiger partial charge in [-0.15, -0.1) is 0 Å². The summed E-state index contributed by atoms with van der Waals surface area (Å²) in [7, 11) is 0. The Kier molecular flexibility index (Phi) is 6.96. The number of aliphatic carboxylic acids is 1. The zero-order valence-corrected chi connectivity index (χ0v) is 18.8. The van der Waals surface area contributed by atoms with Crippen LogP contribution < -0.4 is 5.32 Å². The molecule has 4 rings (SSSR count). The first-order valence-electron chi connectivity index (χ1n) is 11.6. The van der Waals surface area contributed by atoms with Crippen molar-refractivity contribution in [3.63, 3.8) is 0 Å². The summed E-state index contributed by atoms with van der Waals surface area (Å²) >= 11 is 0. The summed E-state index contributed by atoms with van der Waals surface area (Å²) in [4.78, 5) is 37.7. The standard InChI is InChI=1S/C26H30N2O5/c1-2-28(14-13-24(29)30)25(31)17-11-12-18(15-17)27-26(32)33-16-23-21-9-5-3-7-19(21)20-8-4-6-10-22(20)23/h3-10,17-18,23H,2,11-16H2,1H3,(H,27,32)(H,29,30)/t17-,18+/m1/s1. The predicted octanol–water partition coefficient (Wildman–Crippen LogP) is 4.02. The zero-order valence-electron chi connectivity index (χ0n) is 18.8. The van der Waals surface area contributed by atoms with E-state index in [0.29, 0.717) is 25.8 Å². The molecule has 2 N–H and O–H groups in total. The number of carbonyl (C=O) groups excluding carboxylic acids is 2. The van der Waals surface area contributed by atoms with Crippen molar-refractivity contribution in [1.82, 2.24) is 10.2 Å². The summed E-state index contributed by atoms with van der Waals surface area (Å²) in [6, 6.07) is 16.3. The largest absolute Gasteiger partial charge is 0.481 e. The Hall–Kier alpha value is -3.35. The second-order valence-corrected chi connectivity index (χ2v) is 8.74. The highest BCUT2D eigenvalue weighted by Gasteiger charge is 2.34. The van der Waals surface area contributed by atoms with Crippen LogP contribution in [0.25, 0.3) is 11.1 Å². The van der Waals surface area contributed by atoms with Crippen molar-refractivity contribution in [1.29, 1.82) is 0 Å². The molecule has 0 aliphatic heterocycles. The molecule has 2 aromatic rings. The van der Waals surface area contributed by atoms with Gasteiger partial charge in [0.05, 0.1) is 6.42 Å². The molecular weight excluding hydrogens is 420 g/mol. The lowest BCUT2D eigenvalue weighted by atomic mass is 9.98. The maximum Gasteiger partial charge on any atom is 0.407 e. The van der Waals surface area contributed by atoms with Gasteiger partial charge in [-0.2, -0.15) is 0 Å². The molecule has 2 atom stereocenters. The number of rotatable bonds is 8. The summed E-state index contributed by atoms with van der Waals surface area (Å²) in [5, 5.41) is 11.8. The number of carboxylic acids is 1. The number of hydrogen-bond donors (Lipinski definition) is 2. The summed E-state index contributed by atoms with van der Waals surface area (Å²) < 4.78 is 5.62. The topological polar surface area (TPSA) is 95.9 Å². The molecule has 0 heterocycles. The fraction of sp³-hybridized carbons (Fsp3) is 0.423. The molecule has 33 heavy (non-hydrogen) atoms. The average molecular weight is 451 g/mol. The van der Waals surface area contributed by atoms with Crippen LogP contribution >= 0.6 is 0 Å². The van der Waals surface area contributed by atoms with E-state index >= 15 is 0 Å². The molecule has 7 nitrogen and oxygen atoms in total. The number of benzene rings is 2. The molecule has 2 aliphatic rings. The minimum atomic E-state index is -0.914. The number of nitrogens with one attached hydrogen (secondary N) is 1. The lowest BCUT2D eigenvalue weighted by Gasteiger charge is -2.23. The van der Waals surface area contributed by atoms with Gasteiger partial charge in [-0.3, -0.25) is 9.59 Å². The highest BCUT2D eigenvalue weighted by atomic mass is 16.5. The van der Waals surface area contributed by atoms with Gasteiger partial charge in [-0.1, -0.05) is 48.5 Å². The fourth-order valence-electron chi connectivity index (χ4n) is 5.06. The summed E-state index contributed by atoms with van der Waals surface area (Å²) in [5.74, 6) is -1.14. The SMILES string of the molecule is CCN(CCC(=O)O)C(=O)[C@@H]1CC[C@H](NC(=O)OCC2c3ccccc3-c3ccccc32)C1. The first-order valence-corrected chi connectivity index (χ1v) is 11.6. The van der Waals surface area contributed by atoms with E-state index < -0.39 is 12.1 Å². The van der Waals surface area contributed by atoms with E-state index in [2.05, 4.69) is 29.6 Å². The first kappa shape index (κ1) is 22.8. The highest BCUT2D eigenvalue weighted by molar-refractivity contribution is 5.80. The van der Waals surface area contributed by atoms with Crippen molar-refractivity contribution >= 4 is 18.0 Å². The van der Waals surface area contributed by atoms with Gasteiger partial charge in [0.2, 0.25) is 5.91 Å². The third-order valence-electron chi connectivity index (χ3n) is 6.74.